The number of piperazine rings is 1. The number of alkyl halides is 1. The number of carbonyl (C=O) groups excluding carboxylic acids is 2. The molecule has 0 radical (unpaired) electrons. The lowest BCUT2D eigenvalue weighted by atomic mass is 10.1. The molecule has 2 saturated heterocycles. The zero-order valence-electron chi connectivity index (χ0n) is 11.2. The number of fused-ring (bicyclic) bond motifs is 1. The molecule has 106 valence electrons. The maximum atomic E-state index is 12.5. The molecule has 2 aliphatic heterocycles. The summed E-state index contributed by atoms with van der Waals surface area (Å²) in [5, 5.41) is 0. The minimum Gasteiger partial charge on any atom is -0.336 e. The summed E-state index contributed by atoms with van der Waals surface area (Å²) in [6.07, 6.45) is 1.49. The molecule has 4 nitrogen and oxygen atoms in total. The van der Waals surface area contributed by atoms with Gasteiger partial charge in [0.25, 0.3) is 5.91 Å². The Morgan fingerprint density at radius 1 is 1.25 bits per heavy atom. The van der Waals surface area contributed by atoms with Crippen molar-refractivity contribution >= 4 is 23.4 Å². The van der Waals surface area contributed by atoms with Crippen LogP contribution in [0.4, 0.5) is 0 Å². The molecule has 1 atom stereocenters. The lowest BCUT2D eigenvalue weighted by Gasteiger charge is -2.37. The highest BCUT2D eigenvalue weighted by Gasteiger charge is 2.36. The summed E-state index contributed by atoms with van der Waals surface area (Å²) in [7, 11) is 0. The normalized spacial score (nSPS) is 22.1. The third-order valence-corrected chi connectivity index (χ3v) is 4.45. The van der Waals surface area contributed by atoms with E-state index in [1.807, 2.05) is 34.1 Å². The average molecular weight is 293 g/mol. The molecule has 5 heteroatoms. The van der Waals surface area contributed by atoms with Crippen molar-refractivity contribution in [3.63, 3.8) is 0 Å². The van der Waals surface area contributed by atoms with Crippen LogP contribution in [-0.2, 0) is 10.7 Å². The summed E-state index contributed by atoms with van der Waals surface area (Å²) >= 11 is 5.75. The van der Waals surface area contributed by atoms with Gasteiger partial charge in [-0.2, -0.15) is 0 Å². The summed E-state index contributed by atoms with van der Waals surface area (Å²) in [5.41, 5.74) is 1.70. The first-order chi connectivity index (χ1) is 9.69. The van der Waals surface area contributed by atoms with E-state index in [2.05, 4.69) is 0 Å². The highest BCUT2D eigenvalue weighted by molar-refractivity contribution is 6.17. The zero-order chi connectivity index (χ0) is 14.1. The fourth-order valence-electron chi connectivity index (χ4n) is 2.97. The lowest BCUT2D eigenvalue weighted by Crippen LogP contribution is -2.53. The summed E-state index contributed by atoms with van der Waals surface area (Å²) in [5.74, 6) is 0.732. The molecular weight excluding hydrogens is 276 g/mol. The van der Waals surface area contributed by atoms with Crippen molar-refractivity contribution < 1.29 is 9.59 Å². The van der Waals surface area contributed by atoms with Gasteiger partial charge in [0, 0.05) is 43.5 Å². The molecule has 2 aliphatic rings. The van der Waals surface area contributed by atoms with Gasteiger partial charge >= 0.3 is 0 Å². The van der Waals surface area contributed by atoms with Crippen LogP contribution >= 0.6 is 11.6 Å². The third kappa shape index (κ3) is 2.40. The van der Waals surface area contributed by atoms with Crippen LogP contribution in [0.2, 0.25) is 0 Å². The number of nitrogens with zero attached hydrogens (tertiary/aromatic N) is 2. The lowest BCUT2D eigenvalue weighted by molar-refractivity contribution is -0.130. The minimum atomic E-state index is 0.0464. The van der Waals surface area contributed by atoms with Gasteiger partial charge in [0.1, 0.15) is 0 Å². The van der Waals surface area contributed by atoms with Crippen LogP contribution < -0.4 is 0 Å². The van der Waals surface area contributed by atoms with E-state index in [0.29, 0.717) is 37.5 Å². The summed E-state index contributed by atoms with van der Waals surface area (Å²) in [4.78, 5) is 27.9. The Bertz CT molecular complexity index is 529. The number of carbonyl (C=O) groups is 2. The van der Waals surface area contributed by atoms with Gasteiger partial charge in [-0.25, -0.2) is 0 Å². The van der Waals surface area contributed by atoms with E-state index in [4.69, 9.17) is 11.6 Å². The molecule has 0 saturated carbocycles. The van der Waals surface area contributed by atoms with Gasteiger partial charge in [-0.05, 0) is 24.1 Å². The Morgan fingerprint density at radius 3 is 2.70 bits per heavy atom. The van der Waals surface area contributed by atoms with E-state index >= 15 is 0 Å². The second-order valence-corrected chi connectivity index (χ2v) is 5.63. The number of benzene rings is 1. The molecule has 1 aromatic carbocycles. The largest absolute Gasteiger partial charge is 0.336 e. The smallest absolute Gasteiger partial charge is 0.253 e. The SMILES string of the molecule is O=C(c1ccc(CCl)cc1)N1CCN2C(=O)CCC2C1. The molecular formula is C15H17ClN2O2. The Labute approximate surface area is 123 Å². The summed E-state index contributed by atoms with van der Waals surface area (Å²) in [6, 6.07) is 7.63. The van der Waals surface area contributed by atoms with Gasteiger partial charge in [0.2, 0.25) is 5.91 Å². The summed E-state index contributed by atoms with van der Waals surface area (Å²) in [6.45, 7) is 1.94. The average Bonchev–Trinajstić information content (AvgIpc) is 2.87. The Balaban J connectivity index is 1.70. The van der Waals surface area contributed by atoms with Crippen molar-refractivity contribution in [1.82, 2.24) is 9.80 Å². The third-order valence-electron chi connectivity index (χ3n) is 4.14. The van der Waals surface area contributed by atoms with Crippen molar-refractivity contribution in [3.05, 3.63) is 35.4 Å². The Hall–Kier alpha value is -1.55. The van der Waals surface area contributed by atoms with Crippen molar-refractivity contribution in [2.75, 3.05) is 19.6 Å². The van der Waals surface area contributed by atoms with E-state index in [1.165, 1.54) is 0 Å². The van der Waals surface area contributed by atoms with Crippen LogP contribution in [0.15, 0.2) is 24.3 Å². The summed E-state index contributed by atoms with van der Waals surface area (Å²) < 4.78 is 0. The highest BCUT2D eigenvalue weighted by Crippen LogP contribution is 2.23. The van der Waals surface area contributed by atoms with E-state index in [1.54, 1.807) is 0 Å². The standard InChI is InChI=1S/C15H17ClN2O2/c16-9-11-1-3-12(4-2-11)15(20)17-7-8-18-13(10-17)5-6-14(18)19/h1-4,13H,5-10H2. The molecule has 1 unspecified atom stereocenters. The van der Waals surface area contributed by atoms with Gasteiger partial charge in [-0.3, -0.25) is 9.59 Å². The molecule has 1 aromatic rings. The van der Waals surface area contributed by atoms with E-state index in [0.717, 1.165) is 12.0 Å². The van der Waals surface area contributed by atoms with Gasteiger partial charge < -0.3 is 9.80 Å². The van der Waals surface area contributed by atoms with E-state index in [-0.39, 0.29) is 17.9 Å². The van der Waals surface area contributed by atoms with Crippen LogP contribution in [0.5, 0.6) is 0 Å². The molecule has 0 aromatic heterocycles. The van der Waals surface area contributed by atoms with Gasteiger partial charge in [0.05, 0.1) is 0 Å². The van der Waals surface area contributed by atoms with Crippen LogP contribution in [0.1, 0.15) is 28.8 Å². The molecule has 20 heavy (non-hydrogen) atoms. The number of hydrogen-bond donors (Lipinski definition) is 0. The topological polar surface area (TPSA) is 40.6 Å². The number of halogens is 1. The van der Waals surface area contributed by atoms with Gasteiger partial charge in [-0.1, -0.05) is 12.1 Å². The second-order valence-electron chi connectivity index (χ2n) is 5.36. The highest BCUT2D eigenvalue weighted by atomic mass is 35.5. The first-order valence-electron chi connectivity index (χ1n) is 6.92. The van der Waals surface area contributed by atoms with Crippen molar-refractivity contribution in [2.24, 2.45) is 0 Å². The second kappa shape index (κ2) is 5.44. The molecule has 2 heterocycles. The number of hydrogen-bond acceptors (Lipinski definition) is 2. The molecule has 2 amide bonds. The van der Waals surface area contributed by atoms with Crippen LogP contribution in [0.3, 0.4) is 0 Å². The van der Waals surface area contributed by atoms with E-state index < -0.39 is 0 Å². The molecule has 0 N–H and O–H groups in total. The number of amides is 2. The van der Waals surface area contributed by atoms with E-state index in [9.17, 15) is 9.59 Å². The molecule has 3 rings (SSSR count). The predicted octanol–water partition coefficient (Wildman–Crippen LogP) is 1.87. The van der Waals surface area contributed by atoms with Crippen molar-refractivity contribution in [3.8, 4) is 0 Å². The fourth-order valence-corrected chi connectivity index (χ4v) is 3.15. The van der Waals surface area contributed by atoms with Crippen LogP contribution in [-0.4, -0.2) is 47.3 Å². The van der Waals surface area contributed by atoms with Crippen molar-refractivity contribution in [1.29, 1.82) is 0 Å². The maximum Gasteiger partial charge on any atom is 0.253 e. The van der Waals surface area contributed by atoms with Crippen LogP contribution in [0, 0.1) is 0 Å². The maximum absolute atomic E-state index is 12.5. The van der Waals surface area contributed by atoms with Gasteiger partial charge in [-0.15, -0.1) is 11.6 Å². The molecule has 2 fully saturated rings. The molecule has 0 aliphatic carbocycles. The zero-order valence-corrected chi connectivity index (χ0v) is 12.0. The number of rotatable bonds is 2. The molecule has 0 bridgehead atoms. The predicted molar refractivity (Wildman–Crippen MR) is 76.6 cm³/mol. The fraction of sp³-hybridized carbons (Fsp3) is 0.467. The quantitative estimate of drug-likeness (QED) is 0.781. The first kappa shape index (κ1) is 13.4. The minimum absolute atomic E-state index is 0.0464. The monoisotopic (exact) mass is 292 g/mol. The van der Waals surface area contributed by atoms with Gasteiger partial charge in [0.15, 0.2) is 0 Å². The Morgan fingerprint density at radius 2 is 2.00 bits per heavy atom. The van der Waals surface area contributed by atoms with Crippen molar-refractivity contribution in [2.45, 2.75) is 24.8 Å². The molecule has 0 spiro atoms. The van der Waals surface area contributed by atoms with Crippen LogP contribution in [0.25, 0.3) is 0 Å². The Kier molecular flexibility index (Phi) is 3.66. The first-order valence-corrected chi connectivity index (χ1v) is 7.46.